The van der Waals surface area contributed by atoms with Gasteiger partial charge in [0.05, 0.1) is 19.3 Å². The van der Waals surface area contributed by atoms with Crippen LogP contribution in [0.25, 0.3) is 0 Å². The number of rotatable bonds is 2. The van der Waals surface area contributed by atoms with Crippen LogP contribution >= 0.6 is 0 Å². The third kappa shape index (κ3) is 5.63. The quantitative estimate of drug-likeness (QED) is 0.705. The fourth-order valence-electron chi connectivity index (χ4n) is 1.53. The van der Waals surface area contributed by atoms with Crippen LogP contribution in [0.1, 0.15) is 20.8 Å². The van der Waals surface area contributed by atoms with Gasteiger partial charge >= 0.3 is 16.3 Å². The minimum absolute atomic E-state index is 0.0120. The first-order valence-corrected chi connectivity index (χ1v) is 7.14. The van der Waals surface area contributed by atoms with Crippen molar-refractivity contribution in [2.24, 2.45) is 0 Å². The lowest BCUT2D eigenvalue weighted by molar-refractivity contribution is -0.0345. The second-order valence-electron chi connectivity index (χ2n) is 5.12. The zero-order valence-electron chi connectivity index (χ0n) is 10.7. The van der Waals surface area contributed by atoms with Gasteiger partial charge in [0, 0.05) is 6.54 Å². The lowest BCUT2D eigenvalue weighted by Crippen LogP contribution is -2.49. The standard InChI is InChI=1S/C10H18FNO5S/c1-10(2,3)17-9(13)12-4-5-16-8(6-12)7-18(11,14)15/h8H,4-7H2,1-3H3/t8-/m0/s1. The molecular weight excluding hydrogens is 265 g/mol. The molecule has 0 aromatic carbocycles. The Labute approximate surface area is 106 Å². The number of ether oxygens (including phenoxy) is 2. The maximum atomic E-state index is 12.5. The Morgan fingerprint density at radius 2 is 2.11 bits per heavy atom. The van der Waals surface area contributed by atoms with Crippen molar-refractivity contribution in [1.82, 2.24) is 4.90 Å². The van der Waals surface area contributed by atoms with E-state index in [4.69, 9.17) is 9.47 Å². The molecule has 1 aliphatic heterocycles. The number of hydrogen-bond acceptors (Lipinski definition) is 5. The van der Waals surface area contributed by atoms with Crippen LogP contribution < -0.4 is 0 Å². The molecule has 1 atom stereocenters. The monoisotopic (exact) mass is 283 g/mol. The Morgan fingerprint density at radius 1 is 1.50 bits per heavy atom. The van der Waals surface area contributed by atoms with Gasteiger partial charge in [0.2, 0.25) is 0 Å². The van der Waals surface area contributed by atoms with Crippen molar-refractivity contribution in [3.8, 4) is 0 Å². The number of carbonyl (C=O) groups excluding carboxylic acids is 1. The predicted octanol–water partition coefficient (Wildman–Crippen LogP) is 0.922. The first-order chi connectivity index (χ1) is 8.07. The fourth-order valence-corrected chi connectivity index (χ4v) is 2.18. The van der Waals surface area contributed by atoms with Gasteiger partial charge in [-0.25, -0.2) is 4.79 Å². The van der Waals surface area contributed by atoms with E-state index in [0.29, 0.717) is 6.54 Å². The summed E-state index contributed by atoms with van der Waals surface area (Å²) in [6.45, 7) is 5.67. The molecule has 6 nitrogen and oxygen atoms in total. The van der Waals surface area contributed by atoms with E-state index >= 15 is 0 Å². The summed E-state index contributed by atoms with van der Waals surface area (Å²) in [7, 11) is -4.61. The van der Waals surface area contributed by atoms with Gasteiger partial charge in [0.1, 0.15) is 11.4 Å². The molecule has 0 aromatic heterocycles. The lowest BCUT2D eigenvalue weighted by atomic mass is 10.2. The van der Waals surface area contributed by atoms with Crippen LogP contribution in [-0.2, 0) is 19.7 Å². The second-order valence-corrected chi connectivity index (χ2v) is 6.54. The molecule has 0 spiro atoms. The summed E-state index contributed by atoms with van der Waals surface area (Å²) >= 11 is 0. The molecule has 0 radical (unpaired) electrons. The largest absolute Gasteiger partial charge is 0.444 e. The number of hydrogen-bond donors (Lipinski definition) is 0. The predicted molar refractivity (Wildman–Crippen MR) is 62.4 cm³/mol. The van der Waals surface area contributed by atoms with Gasteiger partial charge < -0.3 is 14.4 Å². The summed E-state index contributed by atoms with van der Waals surface area (Å²) in [6.07, 6.45) is -1.40. The summed E-state index contributed by atoms with van der Waals surface area (Å²) < 4.78 is 43.8. The minimum atomic E-state index is -4.61. The topological polar surface area (TPSA) is 72.9 Å². The van der Waals surface area contributed by atoms with Crippen molar-refractivity contribution in [3.63, 3.8) is 0 Å². The molecule has 0 unspecified atom stereocenters. The first-order valence-electron chi connectivity index (χ1n) is 5.59. The Hall–Kier alpha value is -0.890. The fraction of sp³-hybridized carbons (Fsp3) is 0.900. The highest BCUT2D eigenvalue weighted by Gasteiger charge is 2.30. The Morgan fingerprint density at radius 3 is 2.61 bits per heavy atom. The average Bonchev–Trinajstić information content (AvgIpc) is 2.12. The van der Waals surface area contributed by atoms with Crippen molar-refractivity contribution in [2.75, 3.05) is 25.4 Å². The molecule has 1 saturated heterocycles. The van der Waals surface area contributed by atoms with Gasteiger partial charge in [0.15, 0.2) is 0 Å². The summed E-state index contributed by atoms with van der Waals surface area (Å²) in [6, 6.07) is 0. The van der Waals surface area contributed by atoms with Gasteiger partial charge in [-0.3, -0.25) is 0 Å². The van der Waals surface area contributed by atoms with Crippen molar-refractivity contribution < 1.29 is 26.6 Å². The molecule has 1 rings (SSSR count). The van der Waals surface area contributed by atoms with Crippen LogP contribution in [-0.4, -0.2) is 56.6 Å². The van der Waals surface area contributed by atoms with Crippen molar-refractivity contribution in [1.29, 1.82) is 0 Å². The molecule has 0 N–H and O–H groups in total. The van der Waals surface area contributed by atoms with E-state index in [1.54, 1.807) is 20.8 Å². The highest BCUT2D eigenvalue weighted by Crippen LogP contribution is 2.14. The number of morpholine rings is 1. The highest BCUT2D eigenvalue weighted by atomic mass is 32.3. The van der Waals surface area contributed by atoms with E-state index in [2.05, 4.69) is 0 Å². The van der Waals surface area contributed by atoms with Gasteiger partial charge in [-0.2, -0.15) is 8.42 Å². The van der Waals surface area contributed by atoms with E-state index in [1.807, 2.05) is 0 Å². The molecule has 8 heteroatoms. The summed E-state index contributed by atoms with van der Waals surface area (Å²) in [5, 5.41) is 0. The average molecular weight is 283 g/mol. The molecule has 1 aliphatic rings. The van der Waals surface area contributed by atoms with Crippen LogP contribution in [0.2, 0.25) is 0 Å². The normalized spacial score (nSPS) is 21.8. The van der Waals surface area contributed by atoms with Gasteiger partial charge in [0.25, 0.3) is 0 Å². The molecule has 18 heavy (non-hydrogen) atoms. The molecule has 1 fully saturated rings. The van der Waals surface area contributed by atoms with Crippen LogP contribution in [0.3, 0.4) is 0 Å². The molecule has 0 aromatic rings. The third-order valence-corrected chi connectivity index (χ3v) is 2.95. The number of halogens is 1. The van der Waals surface area contributed by atoms with Crippen molar-refractivity contribution in [3.05, 3.63) is 0 Å². The molecule has 106 valence electrons. The number of nitrogens with zero attached hydrogens (tertiary/aromatic N) is 1. The van der Waals surface area contributed by atoms with Gasteiger partial charge in [-0.1, -0.05) is 0 Å². The molecule has 0 bridgehead atoms. The minimum Gasteiger partial charge on any atom is -0.444 e. The smallest absolute Gasteiger partial charge is 0.410 e. The maximum Gasteiger partial charge on any atom is 0.410 e. The zero-order chi connectivity index (χ0) is 14.0. The third-order valence-electron chi connectivity index (χ3n) is 2.18. The molecule has 0 aliphatic carbocycles. The maximum absolute atomic E-state index is 12.5. The summed E-state index contributed by atoms with van der Waals surface area (Å²) in [5.74, 6) is -0.744. The second kappa shape index (κ2) is 5.40. The van der Waals surface area contributed by atoms with Gasteiger partial charge in [-0.05, 0) is 20.8 Å². The van der Waals surface area contributed by atoms with Crippen LogP contribution in [0.15, 0.2) is 0 Å². The molecule has 1 amide bonds. The molecule has 1 heterocycles. The number of carbonyl (C=O) groups is 1. The van der Waals surface area contributed by atoms with Crippen LogP contribution in [0.4, 0.5) is 8.68 Å². The Kier molecular flexibility index (Phi) is 4.55. The van der Waals surface area contributed by atoms with E-state index in [9.17, 15) is 17.1 Å². The Bertz CT molecular complexity index is 403. The van der Waals surface area contributed by atoms with Crippen molar-refractivity contribution in [2.45, 2.75) is 32.5 Å². The molecular formula is C10H18FNO5S. The van der Waals surface area contributed by atoms with E-state index < -0.39 is 33.8 Å². The van der Waals surface area contributed by atoms with E-state index in [-0.39, 0.29) is 13.2 Å². The Balaban J connectivity index is 2.56. The zero-order valence-corrected chi connectivity index (χ0v) is 11.5. The number of amides is 1. The van der Waals surface area contributed by atoms with E-state index in [1.165, 1.54) is 4.90 Å². The van der Waals surface area contributed by atoms with Gasteiger partial charge in [-0.15, -0.1) is 3.89 Å². The lowest BCUT2D eigenvalue weighted by Gasteiger charge is -2.33. The highest BCUT2D eigenvalue weighted by molar-refractivity contribution is 7.86. The molecule has 0 saturated carbocycles. The van der Waals surface area contributed by atoms with Crippen molar-refractivity contribution >= 4 is 16.3 Å². The summed E-state index contributed by atoms with van der Waals surface area (Å²) in [5.41, 5.74) is -0.628. The first kappa shape index (κ1) is 15.2. The van der Waals surface area contributed by atoms with Crippen LogP contribution in [0.5, 0.6) is 0 Å². The SMILES string of the molecule is CC(C)(C)OC(=O)N1CCO[C@H](CS(=O)(=O)F)C1. The van der Waals surface area contributed by atoms with E-state index in [0.717, 1.165) is 0 Å². The summed E-state index contributed by atoms with van der Waals surface area (Å²) in [4.78, 5) is 13.1. The van der Waals surface area contributed by atoms with Crippen LogP contribution in [0, 0.1) is 0 Å².